The molecule has 2 aromatic heterocycles. The van der Waals surface area contributed by atoms with Gasteiger partial charge in [-0.3, -0.25) is 0 Å². The second kappa shape index (κ2) is 6.11. The first-order valence-corrected chi connectivity index (χ1v) is 9.88. The molecule has 0 saturated heterocycles. The number of aryl methyl sites for hydroxylation is 1. The van der Waals surface area contributed by atoms with Crippen LogP contribution in [-0.4, -0.2) is 44.1 Å². The van der Waals surface area contributed by atoms with Crippen molar-refractivity contribution in [2.75, 3.05) is 25.3 Å². The molecule has 1 N–H and O–H groups in total. The van der Waals surface area contributed by atoms with Gasteiger partial charge in [-0.15, -0.1) is 0 Å². The zero-order chi connectivity index (χ0) is 18.4. The second-order valence-electron chi connectivity index (χ2n) is 6.44. The fourth-order valence-corrected chi connectivity index (χ4v) is 3.72. The van der Waals surface area contributed by atoms with Gasteiger partial charge < -0.3 is 4.90 Å². The lowest BCUT2D eigenvalue weighted by molar-refractivity contribution is 0.679. The average molecular weight is 358 g/mol. The number of nitrogens with one attached hydrogen (secondary N) is 1. The number of aromatic nitrogens is 4. The molecular formula is C17H22N6OS. The van der Waals surface area contributed by atoms with Crippen molar-refractivity contribution >= 4 is 21.3 Å². The molecular weight excluding hydrogens is 336 g/mol. The maximum Gasteiger partial charge on any atom is 0.254 e. The van der Waals surface area contributed by atoms with Gasteiger partial charge in [0, 0.05) is 42.4 Å². The fourth-order valence-electron chi connectivity index (χ4n) is 3.07. The zero-order valence-corrected chi connectivity index (χ0v) is 15.8. The molecule has 3 rings (SSSR count). The predicted molar refractivity (Wildman–Crippen MR) is 98.9 cm³/mol. The molecule has 2 heterocycles. The molecule has 0 radical (unpaired) electrons. The number of benzene rings is 1. The Morgan fingerprint density at radius 3 is 2.44 bits per heavy atom. The Balaban J connectivity index is 2.15. The van der Waals surface area contributed by atoms with Crippen LogP contribution >= 0.6 is 0 Å². The smallest absolute Gasteiger partial charge is 0.254 e. The number of fused-ring (bicyclic) bond motifs is 1. The molecule has 8 heteroatoms. The molecule has 0 amide bonds. The maximum atomic E-state index is 11.9. The lowest BCUT2D eigenvalue weighted by Gasteiger charge is -2.24. The molecule has 0 saturated carbocycles. The van der Waals surface area contributed by atoms with Crippen molar-refractivity contribution < 1.29 is 4.21 Å². The molecule has 3 aromatic rings. The number of nitrogens with zero attached hydrogens (tertiary/aromatic N) is 5. The largest absolute Gasteiger partial charge is 0.362 e. The zero-order valence-electron chi connectivity index (χ0n) is 15.0. The van der Waals surface area contributed by atoms with E-state index in [2.05, 4.69) is 22.0 Å². The van der Waals surface area contributed by atoms with E-state index >= 15 is 0 Å². The minimum absolute atomic E-state index is 0.0613. The van der Waals surface area contributed by atoms with Crippen molar-refractivity contribution in [3.05, 3.63) is 47.4 Å². The summed E-state index contributed by atoms with van der Waals surface area (Å²) in [4.78, 5) is 11.3. The Labute approximate surface area is 147 Å². The summed E-state index contributed by atoms with van der Waals surface area (Å²) in [5.41, 5.74) is 3.04. The first kappa shape index (κ1) is 17.3. The summed E-state index contributed by atoms with van der Waals surface area (Å²) in [6.45, 7) is 4.09. The van der Waals surface area contributed by atoms with Gasteiger partial charge in [-0.05, 0) is 24.6 Å². The van der Waals surface area contributed by atoms with Crippen LogP contribution in [0.4, 0.5) is 5.82 Å². The maximum absolute atomic E-state index is 11.9. The van der Waals surface area contributed by atoms with Crippen LogP contribution in [0.15, 0.2) is 35.5 Å². The van der Waals surface area contributed by atoms with Gasteiger partial charge in [0.1, 0.15) is 12.1 Å². The van der Waals surface area contributed by atoms with Gasteiger partial charge in [0.2, 0.25) is 0 Å². The molecule has 0 aliphatic carbocycles. The highest BCUT2D eigenvalue weighted by Gasteiger charge is 2.22. The van der Waals surface area contributed by atoms with Gasteiger partial charge in [-0.2, -0.15) is 14.6 Å². The molecule has 2 unspecified atom stereocenters. The summed E-state index contributed by atoms with van der Waals surface area (Å²) >= 11 is 0. The Hall–Kier alpha value is -2.48. The summed E-state index contributed by atoms with van der Waals surface area (Å²) < 4.78 is 21.3. The first-order chi connectivity index (χ1) is 11.7. The molecule has 7 nitrogen and oxygen atoms in total. The monoisotopic (exact) mass is 358 g/mol. The highest BCUT2D eigenvalue weighted by molar-refractivity contribution is 7.91. The molecule has 0 aliphatic rings. The quantitative estimate of drug-likeness (QED) is 0.775. The van der Waals surface area contributed by atoms with Crippen molar-refractivity contribution in [3.63, 3.8) is 0 Å². The van der Waals surface area contributed by atoms with E-state index in [-0.39, 0.29) is 5.92 Å². The van der Waals surface area contributed by atoms with Crippen LogP contribution in [0.25, 0.3) is 5.78 Å². The molecule has 2 atom stereocenters. The van der Waals surface area contributed by atoms with Crippen molar-refractivity contribution in [2.45, 2.75) is 24.7 Å². The third-order valence-electron chi connectivity index (χ3n) is 4.32. The van der Waals surface area contributed by atoms with Gasteiger partial charge in [0.15, 0.2) is 0 Å². The summed E-state index contributed by atoms with van der Waals surface area (Å²) in [6.07, 6.45) is 2.94. The number of anilines is 1. The van der Waals surface area contributed by atoms with Crippen LogP contribution in [0.3, 0.4) is 0 Å². The minimum atomic E-state index is -2.70. The van der Waals surface area contributed by atoms with E-state index in [1.54, 1.807) is 16.6 Å². The second-order valence-corrected chi connectivity index (χ2v) is 8.59. The lowest BCUT2D eigenvalue weighted by atomic mass is 9.92. The summed E-state index contributed by atoms with van der Waals surface area (Å²) in [6, 6.07) is 7.41. The van der Waals surface area contributed by atoms with Crippen molar-refractivity contribution in [1.29, 1.82) is 4.78 Å². The molecule has 25 heavy (non-hydrogen) atoms. The topological polar surface area (TPSA) is 87.2 Å². The number of hydrogen-bond acceptors (Lipinski definition) is 6. The lowest BCUT2D eigenvalue weighted by Crippen LogP contribution is -2.19. The Bertz CT molecular complexity index is 1020. The minimum Gasteiger partial charge on any atom is -0.362 e. The van der Waals surface area contributed by atoms with E-state index in [1.807, 2.05) is 38.1 Å². The van der Waals surface area contributed by atoms with Gasteiger partial charge in [-0.25, -0.2) is 14.0 Å². The van der Waals surface area contributed by atoms with E-state index in [4.69, 9.17) is 4.78 Å². The van der Waals surface area contributed by atoms with Crippen LogP contribution in [0.5, 0.6) is 0 Å². The van der Waals surface area contributed by atoms with Crippen molar-refractivity contribution in [2.24, 2.45) is 0 Å². The Morgan fingerprint density at radius 1 is 1.24 bits per heavy atom. The third kappa shape index (κ3) is 3.09. The summed E-state index contributed by atoms with van der Waals surface area (Å²) in [7, 11) is 1.24. The summed E-state index contributed by atoms with van der Waals surface area (Å²) in [5, 5.41) is 4.30. The highest BCUT2D eigenvalue weighted by atomic mass is 32.2. The van der Waals surface area contributed by atoms with E-state index in [9.17, 15) is 4.21 Å². The number of rotatable bonds is 4. The highest BCUT2D eigenvalue weighted by Crippen LogP contribution is 2.33. The van der Waals surface area contributed by atoms with Crippen LogP contribution in [-0.2, 0) is 9.73 Å². The first-order valence-electron chi connectivity index (χ1n) is 7.91. The van der Waals surface area contributed by atoms with Gasteiger partial charge in [0.05, 0.1) is 9.73 Å². The number of hydrogen-bond donors (Lipinski definition) is 1. The van der Waals surface area contributed by atoms with Crippen LogP contribution < -0.4 is 4.90 Å². The van der Waals surface area contributed by atoms with Crippen LogP contribution in [0.2, 0.25) is 0 Å². The van der Waals surface area contributed by atoms with Gasteiger partial charge in [-0.1, -0.05) is 19.1 Å². The fraction of sp³-hybridized carbons (Fsp3) is 0.353. The standard InChI is InChI=1S/C17H22N6OS/c1-11(13-6-8-14(9-7-13)25(5,18)24)15-12(2)21-17-19-10-20-23(17)16(15)22(3)4/h6-11,18H,1-5H3. The SMILES string of the molecule is Cc1nc2ncnn2c(N(C)C)c1C(C)c1ccc(S(C)(=N)=O)cc1. The Morgan fingerprint density at radius 2 is 1.88 bits per heavy atom. The molecule has 0 fully saturated rings. The molecule has 0 aliphatic heterocycles. The van der Waals surface area contributed by atoms with E-state index in [1.165, 1.54) is 12.6 Å². The Kier molecular flexibility index (Phi) is 4.24. The molecule has 0 bridgehead atoms. The predicted octanol–water partition coefficient (Wildman–Crippen LogP) is 2.69. The van der Waals surface area contributed by atoms with E-state index < -0.39 is 9.73 Å². The van der Waals surface area contributed by atoms with Gasteiger partial charge >= 0.3 is 0 Å². The molecule has 132 valence electrons. The van der Waals surface area contributed by atoms with Crippen molar-refractivity contribution in [3.8, 4) is 0 Å². The third-order valence-corrected chi connectivity index (χ3v) is 5.49. The van der Waals surface area contributed by atoms with Crippen LogP contribution in [0.1, 0.15) is 29.7 Å². The van der Waals surface area contributed by atoms with E-state index in [0.29, 0.717) is 10.7 Å². The van der Waals surface area contributed by atoms with Crippen molar-refractivity contribution in [1.82, 2.24) is 19.6 Å². The van der Waals surface area contributed by atoms with E-state index in [0.717, 1.165) is 22.6 Å². The normalized spacial score (nSPS) is 15.1. The molecule has 1 aromatic carbocycles. The van der Waals surface area contributed by atoms with Gasteiger partial charge in [0.25, 0.3) is 5.78 Å². The van der Waals surface area contributed by atoms with Crippen LogP contribution in [0, 0.1) is 11.7 Å². The average Bonchev–Trinajstić information content (AvgIpc) is 2.99. The summed E-state index contributed by atoms with van der Waals surface area (Å²) in [5.74, 6) is 1.58. The molecule has 0 spiro atoms.